The van der Waals surface area contributed by atoms with Gasteiger partial charge in [0.1, 0.15) is 6.04 Å². The van der Waals surface area contributed by atoms with Crippen LogP contribution in [0.5, 0.6) is 0 Å². The van der Waals surface area contributed by atoms with E-state index in [0.29, 0.717) is 5.82 Å². The number of amides is 1. The number of nitrogens with zero attached hydrogens (tertiary/aromatic N) is 4. The Hall–Kier alpha value is -1.46. The van der Waals surface area contributed by atoms with Crippen LogP contribution in [0.25, 0.3) is 0 Å². The minimum absolute atomic E-state index is 0.0167. The molecule has 1 rings (SSSR count). The zero-order valence-electron chi connectivity index (χ0n) is 13.9. The largest absolute Gasteiger partial charge is 0.351 e. The molecule has 0 aromatic carbocycles. The lowest BCUT2D eigenvalue weighted by Crippen LogP contribution is -2.44. The number of aromatic nitrogens is 4. The first-order chi connectivity index (χ1) is 8.94. The van der Waals surface area contributed by atoms with Gasteiger partial charge in [0.2, 0.25) is 5.91 Å². The molecule has 0 aliphatic heterocycles. The molecule has 0 unspecified atom stereocenters. The maximum atomic E-state index is 12.4. The lowest BCUT2D eigenvalue weighted by molar-refractivity contribution is -0.125. The quantitative estimate of drug-likeness (QED) is 0.920. The minimum Gasteiger partial charge on any atom is -0.351 e. The monoisotopic (exact) mass is 281 g/mol. The predicted molar refractivity (Wildman–Crippen MR) is 78.3 cm³/mol. The van der Waals surface area contributed by atoms with Gasteiger partial charge in [-0.25, -0.2) is 4.68 Å². The molecule has 0 bridgehead atoms. The van der Waals surface area contributed by atoms with Gasteiger partial charge >= 0.3 is 0 Å². The molecular formula is C14H27N5O. The summed E-state index contributed by atoms with van der Waals surface area (Å²) in [7, 11) is 0. The second-order valence-corrected chi connectivity index (χ2v) is 7.47. The van der Waals surface area contributed by atoms with Crippen molar-refractivity contribution in [1.29, 1.82) is 0 Å². The van der Waals surface area contributed by atoms with Crippen molar-refractivity contribution in [3.05, 3.63) is 5.82 Å². The number of hydrogen-bond acceptors (Lipinski definition) is 4. The third-order valence-electron chi connectivity index (χ3n) is 3.57. The molecule has 2 atom stereocenters. The van der Waals surface area contributed by atoms with Crippen molar-refractivity contribution in [2.45, 2.75) is 72.9 Å². The highest BCUT2D eigenvalue weighted by Crippen LogP contribution is 2.22. The number of carbonyl (C=O) groups is 1. The van der Waals surface area contributed by atoms with E-state index in [2.05, 4.69) is 41.6 Å². The minimum atomic E-state index is -0.427. The fourth-order valence-corrected chi connectivity index (χ4v) is 1.61. The van der Waals surface area contributed by atoms with E-state index in [1.165, 1.54) is 0 Å². The highest BCUT2D eigenvalue weighted by Gasteiger charge is 2.29. The van der Waals surface area contributed by atoms with Crippen LogP contribution in [0.4, 0.5) is 0 Å². The summed E-state index contributed by atoms with van der Waals surface area (Å²) in [5.74, 6) is 0.647. The molecule has 0 saturated carbocycles. The Morgan fingerprint density at radius 3 is 2.15 bits per heavy atom. The van der Waals surface area contributed by atoms with Crippen LogP contribution in [0.15, 0.2) is 0 Å². The summed E-state index contributed by atoms with van der Waals surface area (Å²) in [5, 5.41) is 14.7. The summed E-state index contributed by atoms with van der Waals surface area (Å²) >= 11 is 0. The first-order valence-corrected chi connectivity index (χ1v) is 7.03. The second-order valence-electron chi connectivity index (χ2n) is 7.47. The van der Waals surface area contributed by atoms with Crippen molar-refractivity contribution >= 4 is 5.91 Å². The van der Waals surface area contributed by atoms with Gasteiger partial charge in [-0.05, 0) is 29.7 Å². The van der Waals surface area contributed by atoms with E-state index in [1.807, 2.05) is 34.6 Å². The fourth-order valence-electron chi connectivity index (χ4n) is 1.61. The normalized spacial score (nSPS) is 15.8. The molecule has 0 spiro atoms. The van der Waals surface area contributed by atoms with Gasteiger partial charge in [-0.2, -0.15) is 0 Å². The molecule has 20 heavy (non-hydrogen) atoms. The van der Waals surface area contributed by atoms with Gasteiger partial charge in [0.15, 0.2) is 5.82 Å². The van der Waals surface area contributed by atoms with Crippen LogP contribution >= 0.6 is 0 Å². The highest BCUT2D eigenvalue weighted by atomic mass is 16.2. The van der Waals surface area contributed by atoms with E-state index in [1.54, 1.807) is 4.68 Å². The van der Waals surface area contributed by atoms with Gasteiger partial charge in [-0.3, -0.25) is 4.79 Å². The van der Waals surface area contributed by atoms with Crippen LogP contribution in [0.1, 0.15) is 67.3 Å². The van der Waals surface area contributed by atoms with Gasteiger partial charge < -0.3 is 5.32 Å². The second kappa shape index (κ2) is 5.50. The van der Waals surface area contributed by atoms with E-state index in [4.69, 9.17) is 0 Å². The maximum absolute atomic E-state index is 12.4. The molecule has 1 aromatic rings. The van der Waals surface area contributed by atoms with Crippen LogP contribution in [-0.4, -0.2) is 32.2 Å². The standard InChI is InChI=1S/C14H27N5O/c1-9(11(20)15-10(2)13(3,4)5)19-12(14(6,7)8)16-17-18-19/h9-10H,1-8H3,(H,15,20)/t9-,10-/m0/s1. The van der Waals surface area contributed by atoms with E-state index in [9.17, 15) is 4.79 Å². The predicted octanol–water partition coefficient (Wildman–Crippen LogP) is 2.08. The Balaban J connectivity index is 2.89. The fraction of sp³-hybridized carbons (Fsp3) is 0.857. The summed E-state index contributed by atoms with van der Waals surface area (Å²) in [6, 6.07) is -0.351. The van der Waals surface area contributed by atoms with Crippen molar-refractivity contribution in [2.75, 3.05) is 0 Å². The number of carbonyl (C=O) groups excluding carboxylic acids is 1. The van der Waals surface area contributed by atoms with Gasteiger partial charge in [0, 0.05) is 11.5 Å². The molecule has 6 nitrogen and oxygen atoms in total. The Morgan fingerprint density at radius 1 is 1.15 bits per heavy atom. The molecule has 6 heteroatoms. The van der Waals surface area contributed by atoms with Crippen LogP contribution in [0, 0.1) is 5.41 Å². The Kier molecular flexibility index (Phi) is 4.56. The summed E-state index contributed by atoms with van der Waals surface area (Å²) in [4.78, 5) is 12.4. The van der Waals surface area contributed by atoms with E-state index in [-0.39, 0.29) is 22.8 Å². The molecule has 0 fully saturated rings. The zero-order chi connectivity index (χ0) is 15.7. The van der Waals surface area contributed by atoms with Crippen molar-refractivity contribution < 1.29 is 4.79 Å². The molecule has 0 aliphatic carbocycles. The molecule has 0 saturated heterocycles. The molecule has 1 heterocycles. The van der Waals surface area contributed by atoms with E-state index in [0.717, 1.165) is 0 Å². The third-order valence-corrected chi connectivity index (χ3v) is 3.57. The van der Waals surface area contributed by atoms with Gasteiger partial charge in [-0.15, -0.1) is 5.10 Å². The Morgan fingerprint density at radius 2 is 1.70 bits per heavy atom. The maximum Gasteiger partial charge on any atom is 0.244 e. The van der Waals surface area contributed by atoms with Gasteiger partial charge in [0.05, 0.1) is 0 Å². The summed E-state index contributed by atoms with van der Waals surface area (Å²) in [6.45, 7) is 16.2. The van der Waals surface area contributed by atoms with E-state index >= 15 is 0 Å². The highest BCUT2D eigenvalue weighted by molar-refractivity contribution is 5.80. The number of nitrogens with one attached hydrogen (secondary N) is 1. The summed E-state index contributed by atoms with van der Waals surface area (Å²) in [6.07, 6.45) is 0. The Bertz CT molecular complexity index is 467. The van der Waals surface area contributed by atoms with Crippen molar-refractivity contribution in [2.24, 2.45) is 5.41 Å². The SMILES string of the molecule is C[C@H](NC(=O)[C@H](C)n1nnnc1C(C)(C)C)C(C)(C)C. The number of tetrazole rings is 1. The third kappa shape index (κ3) is 3.77. The number of hydrogen-bond donors (Lipinski definition) is 1. The zero-order valence-corrected chi connectivity index (χ0v) is 13.9. The molecule has 0 radical (unpaired) electrons. The first-order valence-electron chi connectivity index (χ1n) is 7.03. The average molecular weight is 281 g/mol. The molecule has 1 aromatic heterocycles. The van der Waals surface area contributed by atoms with Crippen molar-refractivity contribution in [3.63, 3.8) is 0 Å². The van der Waals surface area contributed by atoms with Crippen molar-refractivity contribution in [3.8, 4) is 0 Å². The first kappa shape index (κ1) is 16.6. The molecule has 1 N–H and O–H groups in total. The van der Waals surface area contributed by atoms with Gasteiger partial charge in [-0.1, -0.05) is 41.5 Å². The van der Waals surface area contributed by atoms with Crippen LogP contribution in [-0.2, 0) is 10.2 Å². The molecule has 0 aliphatic rings. The van der Waals surface area contributed by atoms with Crippen LogP contribution in [0.3, 0.4) is 0 Å². The lowest BCUT2D eigenvalue weighted by atomic mass is 9.88. The topological polar surface area (TPSA) is 72.7 Å². The number of rotatable bonds is 3. The summed E-state index contributed by atoms with van der Waals surface area (Å²) < 4.78 is 1.60. The average Bonchev–Trinajstić information content (AvgIpc) is 2.74. The lowest BCUT2D eigenvalue weighted by Gasteiger charge is -2.29. The van der Waals surface area contributed by atoms with Crippen LogP contribution in [0.2, 0.25) is 0 Å². The molecule has 1 amide bonds. The summed E-state index contributed by atoms with van der Waals surface area (Å²) in [5.41, 5.74) is -0.184. The molecule has 114 valence electrons. The van der Waals surface area contributed by atoms with Gasteiger partial charge in [0.25, 0.3) is 0 Å². The van der Waals surface area contributed by atoms with Crippen molar-refractivity contribution in [1.82, 2.24) is 25.5 Å². The smallest absolute Gasteiger partial charge is 0.244 e. The van der Waals surface area contributed by atoms with E-state index < -0.39 is 6.04 Å². The Labute approximate surface area is 121 Å². The van der Waals surface area contributed by atoms with Crippen LogP contribution < -0.4 is 5.32 Å². The molecular weight excluding hydrogens is 254 g/mol.